The van der Waals surface area contributed by atoms with Crippen LogP contribution in [0.2, 0.25) is 0 Å². The molecule has 0 spiro atoms. The van der Waals surface area contributed by atoms with E-state index in [1.807, 2.05) is 0 Å². The smallest absolute Gasteiger partial charge is 0.210 e. The molecular formula is C37H53FN4O5S2. The minimum absolute atomic E-state index is 0.0158. The standard InChI is InChI=1S/C37H53FN4O5S2/c1-3-4-5-6-7-8-9-10-25-47-35-14-12-31(27-33(35)38)49(45,46)36-28-39-34-13-11-30(48(2)44)26-32(34)37(36)42-17-15-29(16-18-42)41-21-19-40(20-22-41)23-24-43/h11-14,26-29,43H,3-10,15-25H2,1-2H3. The van der Waals surface area contributed by atoms with Gasteiger partial charge in [-0.1, -0.05) is 51.9 Å². The number of aliphatic hydroxyl groups excluding tert-OH is 1. The molecule has 3 aromatic rings. The number of anilines is 1. The number of benzene rings is 2. The highest BCUT2D eigenvalue weighted by molar-refractivity contribution is 7.91. The number of ether oxygens (including phenoxy) is 1. The highest BCUT2D eigenvalue weighted by atomic mass is 32.2. The Hall–Kier alpha value is -2.48. The molecule has 12 heteroatoms. The number of halogens is 1. The molecule has 2 aliphatic rings. The summed E-state index contributed by atoms with van der Waals surface area (Å²) in [7, 11) is -4.18. The third kappa shape index (κ3) is 9.65. The van der Waals surface area contributed by atoms with E-state index in [2.05, 4.69) is 26.6 Å². The van der Waals surface area contributed by atoms with Crippen LogP contribution < -0.4 is 9.64 Å². The van der Waals surface area contributed by atoms with Crippen molar-refractivity contribution < 1.29 is 27.2 Å². The normalized spacial score (nSPS) is 17.5. The van der Waals surface area contributed by atoms with Crippen molar-refractivity contribution in [3.8, 4) is 5.75 Å². The SMILES string of the molecule is CCCCCCCCCCOc1ccc(S(=O)(=O)c2cnc3ccc([S+](C)[O-])cc3c2N2CCC(N3CCN(CCO)CC3)CC2)cc1F. The number of unbranched alkanes of at least 4 members (excludes halogenated alkanes) is 7. The Bertz CT molecular complexity index is 1610. The van der Waals surface area contributed by atoms with Crippen LogP contribution in [0.1, 0.15) is 71.1 Å². The van der Waals surface area contributed by atoms with E-state index in [1.165, 1.54) is 50.4 Å². The van der Waals surface area contributed by atoms with Gasteiger partial charge in [0.1, 0.15) is 11.2 Å². The lowest BCUT2D eigenvalue weighted by Gasteiger charge is -2.43. The molecule has 1 atom stereocenters. The third-order valence-electron chi connectivity index (χ3n) is 9.99. The van der Waals surface area contributed by atoms with Gasteiger partial charge >= 0.3 is 0 Å². The van der Waals surface area contributed by atoms with Crippen LogP contribution in [0.25, 0.3) is 10.9 Å². The van der Waals surface area contributed by atoms with Gasteiger partial charge in [0.05, 0.1) is 29.3 Å². The fourth-order valence-electron chi connectivity index (χ4n) is 7.10. The maximum absolute atomic E-state index is 15.3. The molecular weight excluding hydrogens is 664 g/mol. The van der Waals surface area contributed by atoms with Gasteiger partial charge in [0.25, 0.3) is 0 Å². The summed E-state index contributed by atoms with van der Waals surface area (Å²) in [5.41, 5.74) is 1.14. The second-order valence-corrected chi connectivity index (χ2v) is 16.6. The summed E-state index contributed by atoms with van der Waals surface area (Å²) >= 11 is -1.27. The molecule has 49 heavy (non-hydrogen) atoms. The number of aliphatic hydroxyl groups is 1. The molecule has 0 bridgehead atoms. The van der Waals surface area contributed by atoms with Crippen molar-refractivity contribution in [2.45, 2.75) is 91.9 Å². The summed E-state index contributed by atoms with van der Waals surface area (Å²) in [6.07, 6.45) is 13.9. The van der Waals surface area contributed by atoms with Crippen LogP contribution in [0, 0.1) is 5.82 Å². The van der Waals surface area contributed by atoms with E-state index in [-0.39, 0.29) is 22.1 Å². The fraction of sp³-hybridized carbons (Fsp3) is 0.595. The Kier molecular flexibility index (Phi) is 14.0. The predicted octanol–water partition coefficient (Wildman–Crippen LogP) is 6.04. The molecule has 270 valence electrons. The number of hydrogen-bond acceptors (Lipinski definition) is 9. The fourth-order valence-corrected chi connectivity index (χ4v) is 9.09. The number of rotatable bonds is 17. The van der Waals surface area contributed by atoms with E-state index in [0.717, 1.165) is 64.3 Å². The Morgan fingerprint density at radius 1 is 0.959 bits per heavy atom. The van der Waals surface area contributed by atoms with Crippen molar-refractivity contribution in [3.05, 3.63) is 48.4 Å². The molecule has 0 amide bonds. The van der Waals surface area contributed by atoms with Gasteiger partial charge in [0, 0.05) is 69.5 Å². The molecule has 9 nitrogen and oxygen atoms in total. The molecule has 3 heterocycles. The highest BCUT2D eigenvalue weighted by Crippen LogP contribution is 2.39. The van der Waals surface area contributed by atoms with E-state index >= 15 is 4.39 Å². The van der Waals surface area contributed by atoms with Crippen molar-refractivity contribution >= 4 is 37.6 Å². The molecule has 0 aliphatic carbocycles. The van der Waals surface area contributed by atoms with Crippen LogP contribution in [0.15, 0.2) is 57.3 Å². The number of piperidine rings is 1. The number of β-amino-alcohol motifs (C(OH)–C–C–N with tert-alkyl or cyclic N) is 1. The van der Waals surface area contributed by atoms with Crippen molar-refractivity contribution in [2.75, 3.05) is 70.2 Å². The quantitative estimate of drug-likeness (QED) is 0.132. The topological polar surface area (TPSA) is 109 Å². The monoisotopic (exact) mass is 716 g/mol. The second-order valence-electron chi connectivity index (χ2n) is 13.3. The lowest BCUT2D eigenvalue weighted by molar-refractivity contribution is 0.0747. The van der Waals surface area contributed by atoms with Gasteiger partial charge < -0.3 is 19.3 Å². The Morgan fingerprint density at radius 2 is 1.65 bits per heavy atom. The second kappa shape index (κ2) is 18.1. The number of fused-ring (bicyclic) bond motifs is 1. The maximum atomic E-state index is 15.3. The van der Waals surface area contributed by atoms with Crippen LogP contribution in [0.5, 0.6) is 5.75 Å². The summed E-state index contributed by atoms with van der Waals surface area (Å²) in [5, 5.41) is 9.92. The van der Waals surface area contributed by atoms with Crippen LogP contribution in [0.4, 0.5) is 10.1 Å². The van der Waals surface area contributed by atoms with Crippen LogP contribution >= 0.6 is 0 Å². The minimum atomic E-state index is -4.18. The van der Waals surface area contributed by atoms with Gasteiger partial charge in [-0.25, -0.2) is 12.8 Å². The van der Waals surface area contributed by atoms with E-state index < -0.39 is 26.8 Å². The Morgan fingerprint density at radius 3 is 2.31 bits per heavy atom. The predicted molar refractivity (Wildman–Crippen MR) is 194 cm³/mol. The first-order chi connectivity index (χ1) is 23.7. The van der Waals surface area contributed by atoms with Crippen molar-refractivity contribution in [3.63, 3.8) is 0 Å². The largest absolute Gasteiger partial charge is 0.612 e. The summed E-state index contributed by atoms with van der Waals surface area (Å²) < 4.78 is 62.1. The van der Waals surface area contributed by atoms with Crippen molar-refractivity contribution in [2.24, 2.45) is 0 Å². The van der Waals surface area contributed by atoms with E-state index in [0.29, 0.717) is 53.8 Å². The number of sulfone groups is 1. The minimum Gasteiger partial charge on any atom is -0.612 e. The zero-order chi connectivity index (χ0) is 34.8. The lowest BCUT2D eigenvalue weighted by atomic mass is 10.0. The highest BCUT2D eigenvalue weighted by Gasteiger charge is 2.32. The molecule has 1 aromatic heterocycles. The van der Waals surface area contributed by atoms with Gasteiger partial charge in [-0.2, -0.15) is 0 Å². The van der Waals surface area contributed by atoms with Gasteiger partial charge in [0.15, 0.2) is 16.5 Å². The molecule has 0 radical (unpaired) electrons. The van der Waals surface area contributed by atoms with Gasteiger partial charge in [-0.15, -0.1) is 0 Å². The number of piperazine rings is 1. The molecule has 0 saturated carbocycles. The van der Waals surface area contributed by atoms with Gasteiger partial charge in [0.2, 0.25) is 9.84 Å². The number of hydrogen-bond donors (Lipinski definition) is 1. The van der Waals surface area contributed by atoms with Gasteiger partial charge in [-0.05, 0) is 60.8 Å². The third-order valence-corrected chi connectivity index (χ3v) is 12.7. The summed E-state index contributed by atoms with van der Waals surface area (Å²) in [6.45, 7) is 8.47. The van der Waals surface area contributed by atoms with Crippen molar-refractivity contribution in [1.82, 2.24) is 14.8 Å². The summed E-state index contributed by atoms with van der Waals surface area (Å²) in [4.78, 5) is 11.9. The number of pyridine rings is 1. The first-order valence-electron chi connectivity index (χ1n) is 18.0. The van der Waals surface area contributed by atoms with E-state index in [4.69, 9.17) is 4.74 Å². The first-order valence-corrected chi connectivity index (χ1v) is 21.0. The van der Waals surface area contributed by atoms with Crippen LogP contribution in [-0.4, -0.2) is 104 Å². The molecule has 1 unspecified atom stereocenters. The molecule has 2 fully saturated rings. The Balaban J connectivity index is 1.33. The summed E-state index contributed by atoms with van der Waals surface area (Å²) in [5.74, 6) is -0.660. The molecule has 1 N–H and O–H groups in total. The number of aromatic nitrogens is 1. The first kappa shape index (κ1) is 37.8. The average Bonchev–Trinajstić information content (AvgIpc) is 3.11. The van der Waals surface area contributed by atoms with E-state index in [1.54, 1.807) is 24.5 Å². The molecule has 2 saturated heterocycles. The van der Waals surface area contributed by atoms with Crippen molar-refractivity contribution in [1.29, 1.82) is 0 Å². The average molecular weight is 717 g/mol. The Labute approximate surface area is 294 Å². The molecule has 5 rings (SSSR count). The number of nitrogens with zero attached hydrogens (tertiary/aromatic N) is 4. The lowest BCUT2D eigenvalue weighted by Crippen LogP contribution is -2.53. The van der Waals surface area contributed by atoms with Crippen LogP contribution in [-0.2, 0) is 21.0 Å². The molecule has 2 aliphatic heterocycles. The van der Waals surface area contributed by atoms with E-state index in [9.17, 15) is 18.1 Å². The maximum Gasteiger partial charge on any atom is 0.210 e. The van der Waals surface area contributed by atoms with Gasteiger partial charge in [-0.3, -0.25) is 14.8 Å². The zero-order valence-electron chi connectivity index (χ0n) is 29.1. The molecule has 2 aromatic carbocycles. The van der Waals surface area contributed by atoms with Crippen LogP contribution in [0.3, 0.4) is 0 Å². The summed E-state index contributed by atoms with van der Waals surface area (Å²) in [6, 6.07) is 9.57. The zero-order valence-corrected chi connectivity index (χ0v) is 30.8.